The number of carboxylic acid groups (broad SMARTS) is 1. The van der Waals surface area contributed by atoms with E-state index < -0.39 is 5.97 Å². The molecule has 0 unspecified atom stereocenters. The van der Waals surface area contributed by atoms with Crippen LogP contribution in [0.5, 0.6) is 5.75 Å². The van der Waals surface area contributed by atoms with Crippen LogP contribution in [0.2, 0.25) is 0 Å². The second kappa shape index (κ2) is 6.15. The number of pyridine rings is 1. The maximum atomic E-state index is 12.8. The number of methoxy groups -OCH3 is 1. The third-order valence-corrected chi connectivity index (χ3v) is 4.57. The summed E-state index contributed by atoms with van der Waals surface area (Å²) in [5.41, 5.74) is 3.66. The molecule has 3 aromatic rings. The summed E-state index contributed by atoms with van der Waals surface area (Å²) >= 11 is 0. The molecule has 2 aromatic heterocycles. The van der Waals surface area contributed by atoms with E-state index in [9.17, 15) is 9.59 Å². The number of benzene rings is 1. The van der Waals surface area contributed by atoms with Crippen molar-refractivity contribution < 1.29 is 14.6 Å². The van der Waals surface area contributed by atoms with Crippen molar-refractivity contribution in [2.75, 3.05) is 7.11 Å². The number of carbonyl (C=O) groups is 1. The Morgan fingerprint density at radius 3 is 2.65 bits per heavy atom. The number of rotatable bonds is 3. The van der Waals surface area contributed by atoms with Crippen LogP contribution in [0, 0.1) is 0 Å². The fourth-order valence-corrected chi connectivity index (χ4v) is 3.21. The van der Waals surface area contributed by atoms with Crippen molar-refractivity contribution >= 4 is 23.3 Å². The average Bonchev–Trinajstić information content (AvgIpc) is 3.05. The fraction of sp³-hybridized carbons (Fsp3) is 0.150. The molecule has 1 aliphatic carbocycles. The summed E-state index contributed by atoms with van der Waals surface area (Å²) in [6.45, 7) is 0. The summed E-state index contributed by atoms with van der Waals surface area (Å²) in [6.07, 6.45) is 4.69. The van der Waals surface area contributed by atoms with Crippen LogP contribution in [-0.4, -0.2) is 27.6 Å². The standard InChI is InChI=1S/C20H16N2O4/c1-26-15-6-2-12(3-7-15)10-13-4-8-16-18(13)21-17-9-5-14(20(24)25)11-22(17)19(16)23/h2-3,5-7,9-11H,4,8H2,1H3,(H,24,25). The maximum Gasteiger partial charge on any atom is 0.337 e. The number of fused-ring (bicyclic) bond motifs is 2. The van der Waals surface area contributed by atoms with Gasteiger partial charge in [-0.05, 0) is 54.3 Å². The highest BCUT2D eigenvalue weighted by atomic mass is 16.5. The number of ether oxygens (including phenoxy) is 1. The van der Waals surface area contributed by atoms with E-state index >= 15 is 0 Å². The van der Waals surface area contributed by atoms with Crippen LogP contribution < -0.4 is 10.3 Å². The minimum absolute atomic E-state index is 0.0633. The summed E-state index contributed by atoms with van der Waals surface area (Å²) in [5.74, 6) is -0.282. The zero-order chi connectivity index (χ0) is 18.3. The van der Waals surface area contributed by atoms with Crippen LogP contribution in [0.15, 0.2) is 47.4 Å². The molecule has 6 nitrogen and oxygen atoms in total. The lowest BCUT2D eigenvalue weighted by Gasteiger charge is -2.06. The van der Waals surface area contributed by atoms with Gasteiger partial charge in [-0.25, -0.2) is 9.78 Å². The topological polar surface area (TPSA) is 80.9 Å². The molecule has 6 heteroatoms. The Bertz CT molecular complexity index is 1110. The van der Waals surface area contributed by atoms with E-state index in [1.165, 1.54) is 16.7 Å². The maximum absolute atomic E-state index is 12.8. The molecule has 0 bridgehead atoms. The van der Waals surface area contributed by atoms with Gasteiger partial charge in [-0.2, -0.15) is 0 Å². The van der Waals surface area contributed by atoms with Crippen molar-refractivity contribution in [3.05, 3.63) is 75.3 Å². The molecule has 1 N–H and O–H groups in total. The first-order chi connectivity index (χ1) is 12.6. The van der Waals surface area contributed by atoms with Gasteiger partial charge in [0.1, 0.15) is 11.4 Å². The summed E-state index contributed by atoms with van der Waals surface area (Å²) in [7, 11) is 1.62. The van der Waals surface area contributed by atoms with Gasteiger partial charge in [-0.3, -0.25) is 9.20 Å². The Kier molecular flexibility index (Phi) is 3.80. The lowest BCUT2D eigenvalue weighted by atomic mass is 10.1. The average molecular weight is 348 g/mol. The Morgan fingerprint density at radius 2 is 1.96 bits per heavy atom. The lowest BCUT2D eigenvalue weighted by molar-refractivity contribution is 0.0696. The highest BCUT2D eigenvalue weighted by molar-refractivity contribution is 5.88. The van der Waals surface area contributed by atoms with Crippen molar-refractivity contribution in [3.8, 4) is 5.75 Å². The number of allylic oxidation sites excluding steroid dienone is 1. The molecule has 0 saturated heterocycles. The van der Waals surface area contributed by atoms with Crippen LogP contribution in [0.3, 0.4) is 0 Å². The Balaban J connectivity index is 1.82. The minimum atomic E-state index is -1.07. The Morgan fingerprint density at radius 1 is 1.19 bits per heavy atom. The molecule has 0 spiro atoms. The summed E-state index contributed by atoms with van der Waals surface area (Å²) < 4.78 is 6.48. The molecule has 26 heavy (non-hydrogen) atoms. The second-order valence-corrected chi connectivity index (χ2v) is 6.14. The number of aromatic nitrogens is 2. The first kappa shape index (κ1) is 16.1. The summed E-state index contributed by atoms with van der Waals surface area (Å²) in [5, 5.41) is 9.12. The molecule has 0 atom stereocenters. The second-order valence-electron chi connectivity index (χ2n) is 6.14. The van der Waals surface area contributed by atoms with Gasteiger partial charge in [0.25, 0.3) is 5.56 Å². The molecule has 1 aromatic carbocycles. The number of aromatic carboxylic acids is 1. The molecule has 0 aliphatic heterocycles. The van der Waals surface area contributed by atoms with E-state index in [1.54, 1.807) is 13.2 Å². The SMILES string of the molecule is COc1ccc(C=C2CCc3c2nc2ccc(C(=O)O)cn2c3=O)cc1. The van der Waals surface area contributed by atoms with Gasteiger partial charge in [-0.1, -0.05) is 12.1 Å². The van der Waals surface area contributed by atoms with Crippen molar-refractivity contribution in [1.82, 2.24) is 9.38 Å². The van der Waals surface area contributed by atoms with Gasteiger partial charge >= 0.3 is 5.97 Å². The molecule has 4 rings (SSSR count). The first-order valence-electron chi connectivity index (χ1n) is 8.20. The highest BCUT2D eigenvalue weighted by Crippen LogP contribution is 2.31. The lowest BCUT2D eigenvalue weighted by Crippen LogP contribution is -2.20. The predicted molar refractivity (Wildman–Crippen MR) is 97.6 cm³/mol. The van der Waals surface area contributed by atoms with Crippen LogP contribution in [0.25, 0.3) is 17.3 Å². The number of nitrogens with zero attached hydrogens (tertiary/aromatic N) is 2. The van der Waals surface area contributed by atoms with Gasteiger partial charge in [0, 0.05) is 11.8 Å². The quantitative estimate of drug-likeness (QED) is 0.787. The van der Waals surface area contributed by atoms with Gasteiger partial charge in [0.05, 0.1) is 18.4 Å². The van der Waals surface area contributed by atoms with Gasteiger partial charge in [0.2, 0.25) is 0 Å². The monoisotopic (exact) mass is 348 g/mol. The van der Waals surface area contributed by atoms with Crippen LogP contribution in [0.1, 0.15) is 33.6 Å². The molecular formula is C20H16N2O4. The molecule has 2 heterocycles. The van der Waals surface area contributed by atoms with E-state index in [0.29, 0.717) is 23.3 Å². The Labute approximate surface area is 149 Å². The largest absolute Gasteiger partial charge is 0.497 e. The van der Waals surface area contributed by atoms with Crippen molar-refractivity contribution in [3.63, 3.8) is 0 Å². The zero-order valence-electron chi connectivity index (χ0n) is 14.1. The molecule has 0 saturated carbocycles. The van der Waals surface area contributed by atoms with Gasteiger partial charge < -0.3 is 9.84 Å². The third kappa shape index (κ3) is 2.65. The fourth-order valence-electron chi connectivity index (χ4n) is 3.21. The molecule has 0 amide bonds. The smallest absolute Gasteiger partial charge is 0.337 e. The summed E-state index contributed by atoms with van der Waals surface area (Å²) in [6, 6.07) is 10.7. The molecule has 0 fully saturated rings. The predicted octanol–water partition coefficient (Wildman–Crippen LogP) is 2.89. The normalized spacial score (nSPS) is 14.6. The van der Waals surface area contributed by atoms with E-state index in [0.717, 1.165) is 23.3 Å². The van der Waals surface area contributed by atoms with Crippen molar-refractivity contribution in [1.29, 1.82) is 0 Å². The molecule has 1 aliphatic rings. The van der Waals surface area contributed by atoms with Crippen molar-refractivity contribution in [2.24, 2.45) is 0 Å². The Hall–Kier alpha value is -3.41. The first-order valence-corrected chi connectivity index (χ1v) is 8.20. The minimum Gasteiger partial charge on any atom is -0.497 e. The molecule has 130 valence electrons. The van der Waals surface area contributed by atoms with E-state index in [1.807, 2.05) is 30.3 Å². The molecule has 0 radical (unpaired) electrons. The number of hydrogen-bond donors (Lipinski definition) is 1. The number of carboxylic acids is 1. The number of hydrogen-bond acceptors (Lipinski definition) is 4. The van der Waals surface area contributed by atoms with Gasteiger partial charge in [-0.15, -0.1) is 0 Å². The van der Waals surface area contributed by atoms with Crippen LogP contribution in [-0.2, 0) is 6.42 Å². The molecular weight excluding hydrogens is 332 g/mol. The van der Waals surface area contributed by atoms with E-state index in [4.69, 9.17) is 9.84 Å². The van der Waals surface area contributed by atoms with E-state index in [2.05, 4.69) is 4.98 Å². The third-order valence-electron chi connectivity index (χ3n) is 4.57. The zero-order valence-corrected chi connectivity index (χ0v) is 14.1. The van der Waals surface area contributed by atoms with Crippen molar-refractivity contribution in [2.45, 2.75) is 12.8 Å². The van der Waals surface area contributed by atoms with Crippen LogP contribution in [0.4, 0.5) is 0 Å². The van der Waals surface area contributed by atoms with Crippen LogP contribution >= 0.6 is 0 Å². The summed E-state index contributed by atoms with van der Waals surface area (Å²) in [4.78, 5) is 28.5. The highest BCUT2D eigenvalue weighted by Gasteiger charge is 2.23. The van der Waals surface area contributed by atoms with E-state index in [-0.39, 0.29) is 11.1 Å². The van der Waals surface area contributed by atoms with Gasteiger partial charge in [0.15, 0.2) is 0 Å².